The topological polar surface area (TPSA) is 77.6 Å². The molecule has 8 heteroatoms. The van der Waals surface area contributed by atoms with Gasteiger partial charge in [-0.25, -0.2) is 15.0 Å². The second kappa shape index (κ2) is 5.52. The summed E-state index contributed by atoms with van der Waals surface area (Å²) in [7, 11) is 0. The Balaban J connectivity index is 1.97. The van der Waals surface area contributed by atoms with Gasteiger partial charge in [-0.05, 0) is 19.1 Å². The van der Waals surface area contributed by atoms with E-state index in [4.69, 9.17) is 17.3 Å². The molecule has 5 nitrogen and oxygen atoms in total. The van der Waals surface area contributed by atoms with Crippen LogP contribution in [0, 0.1) is 6.92 Å². The van der Waals surface area contributed by atoms with E-state index in [0.717, 1.165) is 37.1 Å². The summed E-state index contributed by atoms with van der Waals surface area (Å²) >= 11 is 9.45. The Hall–Kier alpha value is -2.09. The zero-order valence-electron chi connectivity index (χ0n) is 11.9. The predicted molar refractivity (Wildman–Crippen MR) is 95.9 cm³/mol. The molecule has 23 heavy (non-hydrogen) atoms. The highest BCUT2D eigenvalue weighted by molar-refractivity contribution is 7.16. The molecule has 0 radical (unpaired) electrons. The van der Waals surface area contributed by atoms with Crippen molar-refractivity contribution in [1.29, 1.82) is 0 Å². The Kier molecular flexibility index (Phi) is 3.48. The maximum Gasteiger partial charge on any atom is 0.142 e. The van der Waals surface area contributed by atoms with Crippen LogP contribution in [-0.4, -0.2) is 19.9 Å². The molecule has 4 rings (SSSR count). The molecule has 0 fully saturated rings. The molecule has 114 valence electrons. The Morgan fingerprint density at radius 2 is 1.96 bits per heavy atom. The number of anilines is 1. The smallest absolute Gasteiger partial charge is 0.142 e. The first kappa shape index (κ1) is 14.5. The van der Waals surface area contributed by atoms with Gasteiger partial charge in [-0.3, -0.25) is 4.98 Å². The Bertz CT molecular complexity index is 1020. The van der Waals surface area contributed by atoms with E-state index in [-0.39, 0.29) is 0 Å². The number of thiazole rings is 2. The maximum absolute atomic E-state index is 6.35. The molecule has 2 N–H and O–H groups in total. The van der Waals surface area contributed by atoms with Crippen LogP contribution in [0.25, 0.3) is 32.0 Å². The maximum atomic E-state index is 6.35. The normalized spacial score (nSPS) is 11.2. The second-order valence-electron chi connectivity index (χ2n) is 4.89. The highest BCUT2D eigenvalue weighted by Crippen LogP contribution is 2.36. The van der Waals surface area contributed by atoms with Crippen LogP contribution in [0.2, 0.25) is 5.02 Å². The van der Waals surface area contributed by atoms with E-state index in [1.165, 1.54) is 0 Å². The monoisotopic (exact) mass is 359 g/mol. The molecule has 3 heterocycles. The van der Waals surface area contributed by atoms with Crippen molar-refractivity contribution in [1.82, 2.24) is 19.9 Å². The Morgan fingerprint density at radius 1 is 1.09 bits per heavy atom. The molecule has 0 saturated heterocycles. The summed E-state index contributed by atoms with van der Waals surface area (Å²) < 4.78 is 1.01. The van der Waals surface area contributed by atoms with E-state index in [0.29, 0.717) is 10.8 Å². The van der Waals surface area contributed by atoms with Crippen LogP contribution < -0.4 is 5.73 Å². The Labute approximate surface area is 144 Å². The van der Waals surface area contributed by atoms with Gasteiger partial charge in [-0.1, -0.05) is 11.6 Å². The van der Waals surface area contributed by atoms with Crippen LogP contribution >= 0.6 is 34.3 Å². The lowest BCUT2D eigenvalue weighted by Crippen LogP contribution is -1.97. The van der Waals surface area contributed by atoms with Crippen molar-refractivity contribution in [2.75, 3.05) is 5.73 Å². The molecule has 0 atom stereocenters. The summed E-state index contributed by atoms with van der Waals surface area (Å²) in [5, 5.41) is 1.56. The number of aryl methyl sites for hydroxylation is 1. The fourth-order valence-corrected chi connectivity index (χ4v) is 4.15. The zero-order chi connectivity index (χ0) is 16.0. The van der Waals surface area contributed by atoms with Gasteiger partial charge in [0.15, 0.2) is 0 Å². The number of nitrogen functional groups attached to an aromatic ring is 1. The SMILES string of the molecule is Cc1ncc(-c2nc(N)cnc2-c2cc(Cl)c3ncsc3c2)s1. The number of benzene rings is 1. The quantitative estimate of drug-likeness (QED) is 0.573. The van der Waals surface area contributed by atoms with Gasteiger partial charge < -0.3 is 5.73 Å². The molecule has 0 aliphatic heterocycles. The van der Waals surface area contributed by atoms with Crippen molar-refractivity contribution in [3.8, 4) is 21.8 Å². The molecule has 0 amide bonds. The third-order valence-corrected chi connectivity index (χ3v) is 5.29. The van der Waals surface area contributed by atoms with E-state index in [2.05, 4.69) is 19.9 Å². The number of nitrogens with two attached hydrogens (primary N) is 1. The standard InChI is InChI=1S/C15H10ClN5S2/c1-7-18-4-11(23-7)15-13(19-5-12(17)21-15)8-2-9(16)14-10(3-8)22-6-20-14/h2-6H,1H3,(H2,17,21). The molecule has 0 saturated carbocycles. The highest BCUT2D eigenvalue weighted by Gasteiger charge is 2.16. The van der Waals surface area contributed by atoms with Gasteiger partial charge in [0.25, 0.3) is 0 Å². The summed E-state index contributed by atoms with van der Waals surface area (Å²) in [6.45, 7) is 1.95. The van der Waals surface area contributed by atoms with E-state index in [1.54, 1.807) is 40.6 Å². The van der Waals surface area contributed by atoms with Gasteiger partial charge >= 0.3 is 0 Å². The van der Waals surface area contributed by atoms with E-state index in [9.17, 15) is 0 Å². The minimum atomic E-state index is 0.375. The predicted octanol–water partition coefficient (Wildman–Crippen LogP) is 4.42. The number of halogens is 1. The van der Waals surface area contributed by atoms with Crippen LogP contribution in [0.1, 0.15) is 5.01 Å². The zero-order valence-corrected chi connectivity index (χ0v) is 14.3. The lowest BCUT2D eigenvalue weighted by molar-refractivity contribution is 1.22. The lowest BCUT2D eigenvalue weighted by atomic mass is 10.1. The second-order valence-corrected chi connectivity index (χ2v) is 7.42. The average Bonchev–Trinajstić information content (AvgIpc) is 3.16. The van der Waals surface area contributed by atoms with Crippen LogP contribution in [-0.2, 0) is 0 Å². The Morgan fingerprint density at radius 3 is 2.74 bits per heavy atom. The number of rotatable bonds is 2. The van der Waals surface area contributed by atoms with Gasteiger partial charge in [0, 0.05) is 11.8 Å². The van der Waals surface area contributed by atoms with Gasteiger partial charge in [0.05, 0.1) is 42.5 Å². The summed E-state index contributed by atoms with van der Waals surface area (Å²) in [5.74, 6) is 0.375. The van der Waals surface area contributed by atoms with E-state index < -0.39 is 0 Å². The van der Waals surface area contributed by atoms with Crippen molar-refractivity contribution >= 4 is 50.3 Å². The summed E-state index contributed by atoms with van der Waals surface area (Å²) in [4.78, 5) is 18.4. The molecular weight excluding hydrogens is 350 g/mol. The summed E-state index contributed by atoms with van der Waals surface area (Å²) in [6, 6.07) is 3.89. The van der Waals surface area contributed by atoms with Gasteiger partial charge in [-0.15, -0.1) is 22.7 Å². The number of fused-ring (bicyclic) bond motifs is 1. The van der Waals surface area contributed by atoms with Crippen molar-refractivity contribution in [2.24, 2.45) is 0 Å². The number of aromatic nitrogens is 4. The third-order valence-electron chi connectivity index (χ3n) is 3.31. The van der Waals surface area contributed by atoms with Gasteiger partial charge in [0.1, 0.15) is 11.5 Å². The van der Waals surface area contributed by atoms with Crippen LogP contribution in [0.4, 0.5) is 5.82 Å². The first-order valence-electron chi connectivity index (χ1n) is 6.70. The van der Waals surface area contributed by atoms with Gasteiger partial charge in [0.2, 0.25) is 0 Å². The molecule has 1 aromatic carbocycles. The van der Waals surface area contributed by atoms with Gasteiger partial charge in [-0.2, -0.15) is 0 Å². The van der Waals surface area contributed by atoms with E-state index >= 15 is 0 Å². The minimum Gasteiger partial charge on any atom is -0.382 e. The van der Waals surface area contributed by atoms with Crippen LogP contribution in [0.3, 0.4) is 0 Å². The molecular formula is C15H10ClN5S2. The number of hydrogen-bond acceptors (Lipinski definition) is 7. The number of nitrogens with zero attached hydrogens (tertiary/aromatic N) is 4. The highest BCUT2D eigenvalue weighted by atomic mass is 35.5. The van der Waals surface area contributed by atoms with Crippen LogP contribution in [0.15, 0.2) is 30.0 Å². The first-order valence-corrected chi connectivity index (χ1v) is 8.77. The summed E-state index contributed by atoms with van der Waals surface area (Å²) in [5.41, 5.74) is 10.8. The van der Waals surface area contributed by atoms with Crippen LogP contribution in [0.5, 0.6) is 0 Å². The third kappa shape index (κ3) is 2.56. The molecule has 0 aliphatic rings. The fraction of sp³-hybridized carbons (Fsp3) is 0.0667. The molecule has 4 aromatic rings. The fourth-order valence-electron chi connectivity index (χ4n) is 2.32. The largest absolute Gasteiger partial charge is 0.382 e. The molecule has 0 bridgehead atoms. The molecule has 0 spiro atoms. The summed E-state index contributed by atoms with van der Waals surface area (Å²) in [6.07, 6.45) is 3.34. The van der Waals surface area contributed by atoms with Crippen molar-refractivity contribution in [3.63, 3.8) is 0 Å². The average molecular weight is 360 g/mol. The molecule has 0 aliphatic carbocycles. The van der Waals surface area contributed by atoms with Crippen molar-refractivity contribution in [3.05, 3.63) is 40.1 Å². The molecule has 0 unspecified atom stereocenters. The first-order chi connectivity index (χ1) is 11.1. The van der Waals surface area contributed by atoms with Crippen molar-refractivity contribution in [2.45, 2.75) is 6.92 Å². The lowest BCUT2D eigenvalue weighted by Gasteiger charge is -2.08. The molecule has 3 aromatic heterocycles. The minimum absolute atomic E-state index is 0.375. The van der Waals surface area contributed by atoms with Crippen molar-refractivity contribution < 1.29 is 0 Å². The van der Waals surface area contributed by atoms with E-state index in [1.807, 2.05) is 19.1 Å². The number of hydrogen-bond donors (Lipinski definition) is 1.